The van der Waals surface area contributed by atoms with Crippen molar-refractivity contribution in [3.63, 3.8) is 0 Å². The van der Waals surface area contributed by atoms with Gasteiger partial charge in [-0.3, -0.25) is 4.79 Å². The number of aromatic nitrogens is 1. The molecule has 28 heavy (non-hydrogen) atoms. The van der Waals surface area contributed by atoms with Gasteiger partial charge in [-0.15, -0.1) is 0 Å². The lowest BCUT2D eigenvalue weighted by Crippen LogP contribution is -2.42. The molecule has 0 radical (unpaired) electrons. The van der Waals surface area contributed by atoms with Gasteiger partial charge in [-0.25, -0.2) is 4.98 Å². The molecule has 1 amide bonds. The van der Waals surface area contributed by atoms with E-state index in [4.69, 9.17) is 9.15 Å². The fraction of sp³-hybridized carbons (Fsp3) is 0.318. The molecule has 0 saturated carbocycles. The fourth-order valence-corrected chi connectivity index (χ4v) is 2.92. The number of hydrogen-bond acceptors (Lipinski definition) is 5. The number of aryl methyl sites for hydroxylation is 1. The predicted octanol–water partition coefficient (Wildman–Crippen LogP) is 3.77. The van der Waals surface area contributed by atoms with Crippen LogP contribution in [0, 0.1) is 24.2 Å². The van der Waals surface area contributed by atoms with Crippen LogP contribution in [0.3, 0.4) is 0 Å². The van der Waals surface area contributed by atoms with E-state index in [1.54, 1.807) is 24.3 Å². The maximum absolute atomic E-state index is 12.6. The Labute approximate surface area is 164 Å². The molecular formula is C22H23N3O3. The molecule has 1 N–H and O–H groups in total. The SMILES string of the molecule is Cc1cccc2oc(CCNC(=O)[C@H](Oc3ccccc3C#N)C(C)C)nc12. The Bertz CT molecular complexity index is 1020. The molecule has 144 valence electrons. The molecule has 0 spiro atoms. The van der Waals surface area contributed by atoms with Crippen LogP contribution in [0.1, 0.15) is 30.9 Å². The average Bonchev–Trinajstić information content (AvgIpc) is 3.10. The third-order valence-corrected chi connectivity index (χ3v) is 4.43. The van der Waals surface area contributed by atoms with Crippen molar-refractivity contribution in [2.24, 2.45) is 5.92 Å². The molecule has 2 aromatic carbocycles. The number of ether oxygens (including phenoxy) is 1. The maximum atomic E-state index is 12.6. The van der Waals surface area contributed by atoms with Crippen molar-refractivity contribution < 1.29 is 13.9 Å². The van der Waals surface area contributed by atoms with Gasteiger partial charge in [-0.1, -0.05) is 38.1 Å². The summed E-state index contributed by atoms with van der Waals surface area (Å²) in [5, 5.41) is 12.1. The summed E-state index contributed by atoms with van der Waals surface area (Å²) < 4.78 is 11.6. The molecule has 0 fully saturated rings. The second-order valence-corrected chi connectivity index (χ2v) is 6.96. The maximum Gasteiger partial charge on any atom is 0.261 e. The van der Waals surface area contributed by atoms with Crippen molar-refractivity contribution in [3.05, 3.63) is 59.5 Å². The Morgan fingerprint density at radius 2 is 2.04 bits per heavy atom. The van der Waals surface area contributed by atoms with E-state index in [1.165, 1.54) is 0 Å². The summed E-state index contributed by atoms with van der Waals surface area (Å²) in [4.78, 5) is 17.1. The minimum absolute atomic E-state index is 0.0567. The number of para-hydroxylation sites is 2. The van der Waals surface area contributed by atoms with Crippen molar-refractivity contribution in [2.75, 3.05) is 6.54 Å². The Morgan fingerprint density at radius 3 is 2.75 bits per heavy atom. The van der Waals surface area contributed by atoms with Crippen LogP contribution >= 0.6 is 0 Å². The number of hydrogen-bond donors (Lipinski definition) is 1. The number of fused-ring (bicyclic) bond motifs is 1. The van der Waals surface area contributed by atoms with E-state index < -0.39 is 6.10 Å². The summed E-state index contributed by atoms with van der Waals surface area (Å²) in [5.41, 5.74) is 3.06. The Morgan fingerprint density at radius 1 is 1.25 bits per heavy atom. The van der Waals surface area contributed by atoms with Crippen LogP contribution in [-0.4, -0.2) is 23.5 Å². The Kier molecular flexibility index (Phi) is 5.95. The van der Waals surface area contributed by atoms with Crippen molar-refractivity contribution >= 4 is 17.0 Å². The van der Waals surface area contributed by atoms with Crippen LogP contribution in [0.5, 0.6) is 5.75 Å². The standard InChI is InChI=1S/C22H23N3O3/c1-14(2)21(28-17-9-5-4-8-16(17)13-23)22(26)24-12-11-19-25-20-15(3)7-6-10-18(20)27-19/h4-10,14,21H,11-12H2,1-3H3,(H,24,26)/t21-/m1/s1. The smallest absolute Gasteiger partial charge is 0.261 e. The number of nitrogens with one attached hydrogen (secondary N) is 1. The first-order valence-corrected chi connectivity index (χ1v) is 9.28. The number of amides is 1. The van der Waals surface area contributed by atoms with Crippen LogP contribution in [-0.2, 0) is 11.2 Å². The van der Waals surface area contributed by atoms with Crippen LogP contribution in [0.4, 0.5) is 0 Å². The summed E-state index contributed by atoms with van der Waals surface area (Å²) in [5.74, 6) is 0.712. The van der Waals surface area contributed by atoms with Crippen molar-refractivity contribution in [1.29, 1.82) is 5.26 Å². The first kappa shape index (κ1) is 19.4. The number of oxazole rings is 1. The third kappa shape index (κ3) is 4.32. The van der Waals surface area contributed by atoms with E-state index in [1.807, 2.05) is 39.0 Å². The number of benzene rings is 2. The van der Waals surface area contributed by atoms with Gasteiger partial charge in [0.15, 0.2) is 17.6 Å². The average molecular weight is 377 g/mol. The molecule has 0 bridgehead atoms. The lowest BCUT2D eigenvalue weighted by Gasteiger charge is -2.22. The predicted molar refractivity (Wildman–Crippen MR) is 106 cm³/mol. The summed E-state index contributed by atoms with van der Waals surface area (Å²) in [7, 11) is 0. The molecule has 1 heterocycles. The van der Waals surface area contributed by atoms with Gasteiger partial charge in [0.1, 0.15) is 17.3 Å². The lowest BCUT2D eigenvalue weighted by atomic mass is 10.1. The molecular weight excluding hydrogens is 354 g/mol. The molecule has 1 atom stereocenters. The van der Waals surface area contributed by atoms with E-state index in [0.29, 0.717) is 30.2 Å². The monoisotopic (exact) mass is 377 g/mol. The summed E-state index contributed by atoms with van der Waals surface area (Å²) in [6.07, 6.45) is -0.209. The summed E-state index contributed by atoms with van der Waals surface area (Å²) in [6, 6.07) is 14.8. The van der Waals surface area contributed by atoms with Crippen LogP contribution in [0.2, 0.25) is 0 Å². The lowest BCUT2D eigenvalue weighted by molar-refractivity contribution is -0.129. The number of nitrogens with zero attached hydrogens (tertiary/aromatic N) is 2. The zero-order valence-corrected chi connectivity index (χ0v) is 16.2. The molecule has 0 aliphatic heterocycles. The van der Waals surface area contributed by atoms with Gasteiger partial charge < -0.3 is 14.5 Å². The number of nitriles is 1. The minimum Gasteiger partial charge on any atom is -0.479 e. The number of rotatable bonds is 7. The summed E-state index contributed by atoms with van der Waals surface area (Å²) >= 11 is 0. The first-order chi connectivity index (χ1) is 13.5. The van der Waals surface area contributed by atoms with Crippen LogP contribution in [0.25, 0.3) is 11.1 Å². The van der Waals surface area contributed by atoms with Gasteiger partial charge >= 0.3 is 0 Å². The van der Waals surface area contributed by atoms with Crippen molar-refractivity contribution in [3.8, 4) is 11.8 Å². The third-order valence-electron chi connectivity index (χ3n) is 4.43. The fourth-order valence-electron chi connectivity index (χ4n) is 2.92. The van der Waals surface area contributed by atoms with Gasteiger partial charge in [0.25, 0.3) is 5.91 Å². The zero-order chi connectivity index (χ0) is 20.1. The molecule has 0 aliphatic carbocycles. The molecule has 3 rings (SSSR count). The van der Waals surface area contributed by atoms with Crippen LogP contribution < -0.4 is 10.1 Å². The van der Waals surface area contributed by atoms with Gasteiger partial charge in [0, 0.05) is 13.0 Å². The first-order valence-electron chi connectivity index (χ1n) is 9.28. The van der Waals surface area contributed by atoms with E-state index in [0.717, 1.165) is 16.7 Å². The second kappa shape index (κ2) is 8.57. The van der Waals surface area contributed by atoms with Gasteiger partial charge in [0.05, 0.1) is 5.56 Å². The number of carbonyl (C=O) groups is 1. The minimum atomic E-state index is -0.694. The van der Waals surface area contributed by atoms with Gasteiger partial charge in [-0.05, 0) is 36.6 Å². The van der Waals surface area contributed by atoms with E-state index in [2.05, 4.69) is 16.4 Å². The molecule has 6 heteroatoms. The molecule has 0 unspecified atom stereocenters. The quantitative estimate of drug-likeness (QED) is 0.677. The largest absolute Gasteiger partial charge is 0.479 e. The van der Waals surface area contributed by atoms with E-state index in [-0.39, 0.29) is 11.8 Å². The molecule has 1 aromatic heterocycles. The normalized spacial score (nSPS) is 12.0. The highest BCUT2D eigenvalue weighted by atomic mass is 16.5. The zero-order valence-electron chi connectivity index (χ0n) is 16.2. The topological polar surface area (TPSA) is 88.1 Å². The summed E-state index contributed by atoms with van der Waals surface area (Å²) in [6.45, 7) is 6.18. The molecule has 6 nitrogen and oxygen atoms in total. The van der Waals surface area contributed by atoms with Crippen molar-refractivity contribution in [1.82, 2.24) is 10.3 Å². The van der Waals surface area contributed by atoms with Gasteiger partial charge in [-0.2, -0.15) is 5.26 Å². The van der Waals surface area contributed by atoms with Crippen LogP contribution in [0.15, 0.2) is 46.9 Å². The Hall–Kier alpha value is -3.33. The molecule has 0 saturated heterocycles. The Balaban J connectivity index is 1.62. The van der Waals surface area contributed by atoms with E-state index >= 15 is 0 Å². The van der Waals surface area contributed by atoms with Crippen molar-refractivity contribution in [2.45, 2.75) is 33.3 Å². The highest BCUT2D eigenvalue weighted by molar-refractivity contribution is 5.81. The molecule has 3 aromatic rings. The highest BCUT2D eigenvalue weighted by Crippen LogP contribution is 2.21. The van der Waals surface area contributed by atoms with E-state index in [9.17, 15) is 10.1 Å². The second-order valence-electron chi connectivity index (χ2n) is 6.96. The highest BCUT2D eigenvalue weighted by Gasteiger charge is 2.25. The molecule has 0 aliphatic rings. The van der Waals surface area contributed by atoms with Gasteiger partial charge in [0.2, 0.25) is 0 Å². The number of carbonyl (C=O) groups excluding carboxylic acids is 1.